The molecular weight excluding hydrogens is 370 g/mol. The van der Waals surface area contributed by atoms with Crippen molar-refractivity contribution in [1.82, 2.24) is 0 Å². The average Bonchev–Trinajstić information content (AvgIpc) is 2.98. The van der Waals surface area contributed by atoms with E-state index in [-0.39, 0.29) is 23.5 Å². The predicted molar refractivity (Wildman–Crippen MR) is 108 cm³/mol. The number of rotatable bonds is 3. The standard InChI is InChI=1S/C23H29NO5/c1-13(25)28-15-5-6-16-17-9-10-23(3)20(7-8-22(23)29-14(2)26)18(17)12-21(24-27-4)19(16)11-15/h5-6,11,17-18,20,22H,7-10,12H2,1-4H3/b24-21+/t17-,18-,20+,22?,23+/m1/s1. The second-order valence-corrected chi connectivity index (χ2v) is 8.86. The number of oxime groups is 1. The van der Waals surface area contributed by atoms with Crippen LogP contribution in [0.3, 0.4) is 0 Å². The first kappa shape index (κ1) is 19.9. The third-order valence-corrected chi connectivity index (χ3v) is 7.29. The Morgan fingerprint density at radius 3 is 2.62 bits per heavy atom. The van der Waals surface area contributed by atoms with Crippen molar-refractivity contribution in [3.63, 3.8) is 0 Å². The molecule has 0 saturated heterocycles. The van der Waals surface area contributed by atoms with E-state index < -0.39 is 0 Å². The van der Waals surface area contributed by atoms with Gasteiger partial charge < -0.3 is 14.3 Å². The predicted octanol–water partition coefficient (Wildman–Crippen LogP) is 4.21. The molecule has 0 spiro atoms. The minimum absolute atomic E-state index is 0.00139. The van der Waals surface area contributed by atoms with Gasteiger partial charge >= 0.3 is 11.9 Å². The smallest absolute Gasteiger partial charge is 0.308 e. The van der Waals surface area contributed by atoms with Gasteiger partial charge in [-0.25, -0.2) is 0 Å². The average molecular weight is 399 g/mol. The first-order valence-electron chi connectivity index (χ1n) is 10.4. The summed E-state index contributed by atoms with van der Waals surface area (Å²) in [6, 6.07) is 5.86. The number of esters is 2. The van der Waals surface area contributed by atoms with E-state index in [0.29, 0.717) is 23.5 Å². The Morgan fingerprint density at radius 2 is 1.93 bits per heavy atom. The molecule has 0 N–H and O–H groups in total. The molecular formula is C23H29NO5. The van der Waals surface area contributed by atoms with Crippen molar-refractivity contribution < 1.29 is 23.9 Å². The van der Waals surface area contributed by atoms with Crippen LogP contribution in [0, 0.1) is 17.3 Å². The van der Waals surface area contributed by atoms with Crippen LogP contribution in [0.5, 0.6) is 5.75 Å². The molecule has 6 heteroatoms. The van der Waals surface area contributed by atoms with Crippen molar-refractivity contribution >= 4 is 17.7 Å². The van der Waals surface area contributed by atoms with Crippen LogP contribution in [0.1, 0.15) is 69.9 Å². The third-order valence-electron chi connectivity index (χ3n) is 7.29. The minimum Gasteiger partial charge on any atom is -0.462 e. The van der Waals surface area contributed by atoms with E-state index in [2.05, 4.69) is 18.1 Å². The lowest BCUT2D eigenvalue weighted by Gasteiger charge is -2.50. The molecule has 2 fully saturated rings. The summed E-state index contributed by atoms with van der Waals surface area (Å²) < 4.78 is 11.0. The highest BCUT2D eigenvalue weighted by molar-refractivity contribution is 6.03. The number of hydrogen-bond acceptors (Lipinski definition) is 6. The Kier molecular flexibility index (Phi) is 5.13. The van der Waals surface area contributed by atoms with Gasteiger partial charge in [0.25, 0.3) is 0 Å². The molecule has 4 rings (SSSR count). The Bertz CT molecular complexity index is 863. The monoisotopic (exact) mass is 399 g/mol. The van der Waals surface area contributed by atoms with Gasteiger partial charge in [-0.3, -0.25) is 9.59 Å². The number of nitrogens with zero attached hydrogens (tertiary/aromatic N) is 1. The molecule has 0 radical (unpaired) electrons. The second-order valence-electron chi connectivity index (χ2n) is 8.86. The van der Waals surface area contributed by atoms with E-state index >= 15 is 0 Å². The van der Waals surface area contributed by atoms with E-state index in [9.17, 15) is 9.59 Å². The lowest BCUT2D eigenvalue weighted by Crippen LogP contribution is -2.46. The highest BCUT2D eigenvalue weighted by atomic mass is 16.6. The van der Waals surface area contributed by atoms with Crippen LogP contribution >= 0.6 is 0 Å². The maximum Gasteiger partial charge on any atom is 0.308 e. The third kappa shape index (κ3) is 3.43. The summed E-state index contributed by atoms with van der Waals surface area (Å²) in [5, 5.41) is 4.33. The molecule has 0 amide bonds. The summed E-state index contributed by atoms with van der Waals surface area (Å²) in [5.74, 6) is 1.37. The van der Waals surface area contributed by atoms with Crippen LogP contribution in [0.4, 0.5) is 0 Å². The van der Waals surface area contributed by atoms with Gasteiger partial charge in [0.15, 0.2) is 0 Å². The van der Waals surface area contributed by atoms with Crippen molar-refractivity contribution in [2.45, 2.75) is 64.9 Å². The SMILES string of the molecule is CO/N=C1\C[C@@H]2[C@H](CC[C@]3(C)C(OC(C)=O)CC[C@@H]23)c2ccc(OC(C)=O)cc21. The van der Waals surface area contributed by atoms with Crippen LogP contribution in [0.25, 0.3) is 0 Å². The van der Waals surface area contributed by atoms with E-state index in [1.165, 1.54) is 19.4 Å². The topological polar surface area (TPSA) is 74.2 Å². The lowest BCUT2D eigenvalue weighted by atomic mass is 9.55. The van der Waals surface area contributed by atoms with Gasteiger partial charge in [-0.1, -0.05) is 18.1 Å². The zero-order valence-electron chi connectivity index (χ0n) is 17.6. The summed E-state index contributed by atoms with van der Waals surface area (Å²) in [6.45, 7) is 5.20. The fourth-order valence-corrected chi connectivity index (χ4v) is 6.17. The van der Waals surface area contributed by atoms with Crippen molar-refractivity contribution in [3.8, 4) is 5.75 Å². The number of fused-ring (bicyclic) bond motifs is 5. The van der Waals surface area contributed by atoms with Gasteiger partial charge in [0.05, 0.1) is 5.71 Å². The number of hydrogen-bond donors (Lipinski definition) is 0. The summed E-state index contributed by atoms with van der Waals surface area (Å²) in [7, 11) is 1.56. The van der Waals surface area contributed by atoms with Gasteiger partial charge in [-0.05, 0) is 67.6 Å². The molecule has 0 heterocycles. The summed E-state index contributed by atoms with van der Waals surface area (Å²) in [5.41, 5.74) is 3.19. The maximum atomic E-state index is 11.6. The number of carbonyl (C=O) groups excluding carboxylic acids is 2. The fraction of sp³-hybridized carbons (Fsp3) is 0.609. The number of benzene rings is 1. The second kappa shape index (κ2) is 7.47. The molecule has 3 aliphatic carbocycles. The number of ether oxygens (including phenoxy) is 2. The summed E-state index contributed by atoms with van der Waals surface area (Å²) in [6.07, 6.45) is 4.91. The molecule has 0 aliphatic heterocycles. The van der Waals surface area contributed by atoms with Crippen molar-refractivity contribution in [1.29, 1.82) is 0 Å². The van der Waals surface area contributed by atoms with Crippen LogP contribution in [0.15, 0.2) is 23.4 Å². The molecule has 2 saturated carbocycles. The molecule has 3 aliphatic rings. The van der Waals surface area contributed by atoms with Gasteiger partial charge in [0.2, 0.25) is 0 Å². The Hall–Kier alpha value is -2.37. The van der Waals surface area contributed by atoms with Gasteiger partial charge in [0, 0.05) is 24.8 Å². The van der Waals surface area contributed by atoms with Crippen LogP contribution in [-0.2, 0) is 19.2 Å². The van der Waals surface area contributed by atoms with Crippen LogP contribution in [0.2, 0.25) is 0 Å². The maximum absolute atomic E-state index is 11.6. The van der Waals surface area contributed by atoms with E-state index in [0.717, 1.165) is 43.4 Å². The van der Waals surface area contributed by atoms with Crippen LogP contribution < -0.4 is 4.74 Å². The molecule has 29 heavy (non-hydrogen) atoms. The number of carbonyl (C=O) groups is 2. The van der Waals surface area contributed by atoms with Gasteiger partial charge in [-0.2, -0.15) is 0 Å². The summed E-state index contributed by atoms with van der Waals surface area (Å²) >= 11 is 0. The molecule has 1 aromatic carbocycles. The van der Waals surface area contributed by atoms with Crippen molar-refractivity contribution in [2.75, 3.05) is 7.11 Å². The molecule has 0 aromatic heterocycles. The molecule has 156 valence electrons. The highest BCUT2D eigenvalue weighted by Crippen LogP contribution is 2.61. The van der Waals surface area contributed by atoms with Crippen molar-refractivity contribution in [2.24, 2.45) is 22.4 Å². The van der Waals surface area contributed by atoms with E-state index in [1.54, 1.807) is 7.11 Å². The normalized spacial score (nSPS) is 34.0. The Balaban J connectivity index is 1.69. The molecule has 1 unspecified atom stereocenters. The first-order chi connectivity index (χ1) is 13.8. The molecule has 0 bridgehead atoms. The molecule has 1 aromatic rings. The zero-order valence-corrected chi connectivity index (χ0v) is 17.6. The minimum atomic E-state index is -0.334. The fourth-order valence-electron chi connectivity index (χ4n) is 6.17. The molecule has 6 nitrogen and oxygen atoms in total. The quantitative estimate of drug-likeness (QED) is 0.432. The zero-order chi connectivity index (χ0) is 20.8. The molecule has 5 atom stereocenters. The highest BCUT2D eigenvalue weighted by Gasteiger charge is 2.56. The Morgan fingerprint density at radius 1 is 1.14 bits per heavy atom. The lowest BCUT2D eigenvalue weighted by molar-refractivity contribution is -0.154. The summed E-state index contributed by atoms with van der Waals surface area (Å²) in [4.78, 5) is 28.1. The van der Waals surface area contributed by atoms with Crippen molar-refractivity contribution in [3.05, 3.63) is 29.3 Å². The van der Waals surface area contributed by atoms with Crippen LogP contribution in [-0.4, -0.2) is 30.9 Å². The van der Waals surface area contributed by atoms with Gasteiger partial charge in [0.1, 0.15) is 19.0 Å². The largest absolute Gasteiger partial charge is 0.462 e. The van der Waals surface area contributed by atoms with E-state index in [4.69, 9.17) is 14.3 Å². The van der Waals surface area contributed by atoms with Gasteiger partial charge in [-0.15, -0.1) is 0 Å². The van der Waals surface area contributed by atoms with E-state index in [1.807, 2.05) is 12.1 Å². The first-order valence-corrected chi connectivity index (χ1v) is 10.4. The Labute approximate surface area is 171 Å².